The van der Waals surface area contributed by atoms with Gasteiger partial charge in [0.1, 0.15) is 5.82 Å². The van der Waals surface area contributed by atoms with E-state index in [1.165, 1.54) is 4.88 Å². The van der Waals surface area contributed by atoms with Crippen LogP contribution in [0.2, 0.25) is 0 Å². The van der Waals surface area contributed by atoms with Crippen LogP contribution in [0, 0.1) is 0 Å². The summed E-state index contributed by atoms with van der Waals surface area (Å²) in [5.74, 6) is 1.90. The van der Waals surface area contributed by atoms with Crippen LogP contribution in [0.15, 0.2) is 46.9 Å². The van der Waals surface area contributed by atoms with Gasteiger partial charge in [0.05, 0.1) is 0 Å². The molecule has 3 rings (SSSR count). The second-order valence-corrected chi connectivity index (χ2v) is 7.59. The van der Waals surface area contributed by atoms with Crippen molar-refractivity contribution < 1.29 is 4.79 Å². The molecular formula is C20H29IN6OS. The van der Waals surface area contributed by atoms with Crippen molar-refractivity contribution in [2.24, 2.45) is 4.99 Å². The van der Waals surface area contributed by atoms with Crippen molar-refractivity contribution in [1.82, 2.24) is 20.5 Å². The van der Waals surface area contributed by atoms with Crippen molar-refractivity contribution >= 4 is 53.0 Å². The maximum Gasteiger partial charge on any atom is 0.224 e. The van der Waals surface area contributed by atoms with Crippen molar-refractivity contribution in [3.8, 4) is 0 Å². The van der Waals surface area contributed by atoms with Gasteiger partial charge in [-0.3, -0.25) is 9.79 Å². The van der Waals surface area contributed by atoms with Gasteiger partial charge in [0.15, 0.2) is 5.96 Å². The Labute approximate surface area is 193 Å². The van der Waals surface area contributed by atoms with Crippen LogP contribution in [0.5, 0.6) is 0 Å². The molecule has 0 spiro atoms. The molecule has 0 unspecified atom stereocenters. The first kappa shape index (κ1) is 23.4. The Kier molecular flexibility index (Phi) is 10.2. The molecule has 3 heterocycles. The minimum Gasteiger partial charge on any atom is -0.356 e. The van der Waals surface area contributed by atoms with Gasteiger partial charge in [-0.05, 0) is 30.0 Å². The van der Waals surface area contributed by atoms with Gasteiger partial charge in [-0.15, -0.1) is 35.3 Å². The number of nitrogens with zero attached hydrogens (tertiary/aromatic N) is 4. The Balaban J connectivity index is 0.00000300. The number of hydrogen-bond acceptors (Lipinski definition) is 5. The molecule has 1 aliphatic rings. The number of anilines is 1. The van der Waals surface area contributed by atoms with E-state index in [2.05, 4.69) is 43.0 Å². The number of pyridine rings is 1. The number of aromatic nitrogens is 1. The molecule has 1 saturated heterocycles. The first-order valence-corrected chi connectivity index (χ1v) is 10.5. The third-order valence-corrected chi connectivity index (χ3v) is 5.64. The number of nitrogens with one attached hydrogen (secondary N) is 2. The minimum absolute atomic E-state index is 0. The fraction of sp³-hybridized carbons (Fsp3) is 0.450. The zero-order valence-corrected chi connectivity index (χ0v) is 19.9. The Morgan fingerprint density at radius 1 is 1.14 bits per heavy atom. The van der Waals surface area contributed by atoms with E-state index in [1.807, 2.05) is 23.1 Å². The van der Waals surface area contributed by atoms with Crippen LogP contribution in [0.3, 0.4) is 0 Å². The van der Waals surface area contributed by atoms with Gasteiger partial charge in [0, 0.05) is 63.8 Å². The molecule has 1 fully saturated rings. The highest BCUT2D eigenvalue weighted by Gasteiger charge is 2.21. The summed E-state index contributed by atoms with van der Waals surface area (Å²) in [4.78, 5) is 26.6. The molecule has 2 aromatic heterocycles. The quantitative estimate of drug-likeness (QED) is 0.328. The summed E-state index contributed by atoms with van der Waals surface area (Å²) in [7, 11) is 1.75. The van der Waals surface area contributed by atoms with Gasteiger partial charge in [0.25, 0.3) is 0 Å². The molecule has 0 saturated carbocycles. The van der Waals surface area contributed by atoms with Crippen molar-refractivity contribution in [3.05, 3.63) is 46.8 Å². The lowest BCUT2D eigenvalue weighted by atomic mass is 10.2. The first-order chi connectivity index (χ1) is 13.8. The van der Waals surface area contributed by atoms with Gasteiger partial charge in [0.2, 0.25) is 5.91 Å². The van der Waals surface area contributed by atoms with Gasteiger partial charge in [-0.25, -0.2) is 4.98 Å². The fourth-order valence-electron chi connectivity index (χ4n) is 3.15. The van der Waals surface area contributed by atoms with Crippen molar-refractivity contribution in [2.75, 3.05) is 51.2 Å². The summed E-state index contributed by atoms with van der Waals surface area (Å²) < 4.78 is 0. The number of rotatable bonds is 7. The molecule has 2 aromatic rings. The molecule has 0 atom stereocenters. The average molecular weight is 528 g/mol. The first-order valence-electron chi connectivity index (χ1n) is 9.67. The predicted molar refractivity (Wildman–Crippen MR) is 130 cm³/mol. The number of hydrogen-bond donors (Lipinski definition) is 2. The summed E-state index contributed by atoms with van der Waals surface area (Å²) >= 11 is 1.76. The zero-order chi connectivity index (χ0) is 19.6. The number of aliphatic imine (C=N–C) groups is 1. The van der Waals surface area contributed by atoms with E-state index >= 15 is 0 Å². The third-order valence-electron chi connectivity index (χ3n) is 4.70. The lowest BCUT2D eigenvalue weighted by molar-refractivity contribution is -0.131. The molecule has 1 aliphatic heterocycles. The summed E-state index contributed by atoms with van der Waals surface area (Å²) in [6.45, 7) is 4.53. The average Bonchev–Trinajstić information content (AvgIpc) is 3.27. The third kappa shape index (κ3) is 7.46. The molecule has 2 N–H and O–H groups in total. The van der Waals surface area contributed by atoms with Gasteiger partial charge in [-0.2, -0.15) is 0 Å². The number of piperazine rings is 1. The van der Waals surface area contributed by atoms with Crippen LogP contribution >= 0.6 is 35.3 Å². The summed E-state index contributed by atoms with van der Waals surface area (Å²) in [5, 5.41) is 8.61. The molecule has 9 heteroatoms. The standard InChI is InChI=1S/C20H28N6OS.HI/c1-21-20(23-10-7-17-5-4-16-28-17)24-11-8-19(27)26-14-12-25(13-15-26)18-6-2-3-9-22-18;/h2-6,9,16H,7-8,10-15H2,1H3,(H2,21,23,24);1H. The van der Waals surface area contributed by atoms with Crippen molar-refractivity contribution in [2.45, 2.75) is 12.8 Å². The van der Waals surface area contributed by atoms with E-state index in [-0.39, 0.29) is 29.9 Å². The van der Waals surface area contributed by atoms with Crippen LogP contribution < -0.4 is 15.5 Å². The maximum absolute atomic E-state index is 12.5. The lowest BCUT2D eigenvalue weighted by Gasteiger charge is -2.35. The van der Waals surface area contributed by atoms with Crippen LogP contribution in [-0.2, 0) is 11.2 Å². The molecule has 29 heavy (non-hydrogen) atoms. The second-order valence-electron chi connectivity index (χ2n) is 6.56. The van der Waals surface area contributed by atoms with Crippen LogP contribution in [0.1, 0.15) is 11.3 Å². The minimum atomic E-state index is 0. The Morgan fingerprint density at radius 3 is 2.59 bits per heavy atom. The summed E-state index contributed by atoms with van der Waals surface area (Å²) in [6, 6.07) is 10.1. The van der Waals surface area contributed by atoms with E-state index in [0.717, 1.165) is 50.9 Å². The van der Waals surface area contributed by atoms with Crippen LogP contribution in [0.4, 0.5) is 5.82 Å². The van der Waals surface area contributed by atoms with E-state index in [1.54, 1.807) is 24.6 Å². The van der Waals surface area contributed by atoms with Gasteiger partial charge in [-0.1, -0.05) is 12.1 Å². The predicted octanol–water partition coefficient (Wildman–Crippen LogP) is 2.21. The molecule has 158 valence electrons. The van der Waals surface area contributed by atoms with Crippen LogP contribution in [-0.4, -0.2) is 68.1 Å². The Hall–Kier alpha value is -1.88. The van der Waals surface area contributed by atoms with E-state index in [9.17, 15) is 4.79 Å². The molecular weight excluding hydrogens is 499 g/mol. The normalized spacial score (nSPS) is 14.3. The van der Waals surface area contributed by atoms with Gasteiger partial charge >= 0.3 is 0 Å². The number of amides is 1. The van der Waals surface area contributed by atoms with Crippen molar-refractivity contribution in [1.29, 1.82) is 0 Å². The number of halogens is 1. The van der Waals surface area contributed by atoms with Gasteiger partial charge < -0.3 is 20.4 Å². The van der Waals surface area contributed by atoms with Crippen molar-refractivity contribution in [3.63, 3.8) is 0 Å². The Bertz CT molecular complexity index is 748. The monoisotopic (exact) mass is 528 g/mol. The maximum atomic E-state index is 12.5. The Morgan fingerprint density at radius 2 is 1.93 bits per heavy atom. The van der Waals surface area contributed by atoms with E-state index < -0.39 is 0 Å². The molecule has 0 aromatic carbocycles. The number of guanidine groups is 1. The molecule has 0 aliphatic carbocycles. The lowest BCUT2D eigenvalue weighted by Crippen LogP contribution is -2.49. The zero-order valence-electron chi connectivity index (χ0n) is 16.7. The van der Waals surface area contributed by atoms with E-state index in [4.69, 9.17) is 0 Å². The highest BCUT2D eigenvalue weighted by molar-refractivity contribution is 14.0. The fourth-order valence-corrected chi connectivity index (χ4v) is 3.86. The smallest absolute Gasteiger partial charge is 0.224 e. The number of carbonyl (C=O) groups is 1. The second kappa shape index (κ2) is 12.6. The summed E-state index contributed by atoms with van der Waals surface area (Å²) in [5.41, 5.74) is 0. The molecule has 1 amide bonds. The van der Waals surface area contributed by atoms with Crippen LogP contribution in [0.25, 0.3) is 0 Å². The highest BCUT2D eigenvalue weighted by atomic mass is 127. The number of thiophene rings is 1. The summed E-state index contributed by atoms with van der Waals surface area (Å²) in [6.07, 6.45) is 3.24. The highest BCUT2D eigenvalue weighted by Crippen LogP contribution is 2.13. The molecule has 0 radical (unpaired) electrons. The van der Waals surface area contributed by atoms with E-state index in [0.29, 0.717) is 13.0 Å². The topological polar surface area (TPSA) is 72.9 Å². The number of carbonyl (C=O) groups excluding carboxylic acids is 1. The SMILES string of the molecule is CN=C(NCCC(=O)N1CCN(c2ccccn2)CC1)NCCc1cccs1.I. The largest absolute Gasteiger partial charge is 0.356 e. The molecule has 7 nitrogen and oxygen atoms in total. The molecule has 0 bridgehead atoms.